The van der Waals surface area contributed by atoms with Crippen LogP contribution in [0.25, 0.3) is 0 Å². The summed E-state index contributed by atoms with van der Waals surface area (Å²) in [7, 11) is 0. The Labute approximate surface area is 110 Å². The summed E-state index contributed by atoms with van der Waals surface area (Å²) in [5.41, 5.74) is 2.45. The van der Waals surface area contributed by atoms with Crippen molar-refractivity contribution in [1.82, 2.24) is 14.9 Å². The van der Waals surface area contributed by atoms with Gasteiger partial charge in [0.15, 0.2) is 0 Å². The topological polar surface area (TPSA) is 37.8 Å². The molecular weight excluding hydrogens is 249 g/mol. The van der Waals surface area contributed by atoms with Crippen molar-refractivity contribution in [2.75, 3.05) is 6.54 Å². The molecule has 0 fully saturated rings. The number of nitrogens with zero attached hydrogens (tertiary/aromatic N) is 2. The third-order valence-electron chi connectivity index (χ3n) is 2.73. The van der Waals surface area contributed by atoms with Gasteiger partial charge in [-0.05, 0) is 37.5 Å². The summed E-state index contributed by atoms with van der Waals surface area (Å²) in [5.74, 6) is -0.206. The molecular formula is C13H16FN3S. The van der Waals surface area contributed by atoms with Crippen LogP contribution in [0.5, 0.6) is 0 Å². The molecule has 0 aliphatic rings. The van der Waals surface area contributed by atoms with E-state index < -0.39 is 0 Å². The summed E-state index contributed by atoms with van der Waals surface area (Å²) < 4.78 is 17.8. The predicted octanol–water partition coefficient (Wildman–Crippen LogP) is 3.07. The summed E-state index contributed by atoms with van der Waals surface area (Å²) in [5, 5.41) is 9.23. The van der Waals surface area contributed by atoms with Gasteiger partial charge in [0.1, 0.15) is 5.82 Å². The molecule has 0 aliphatic heterocycles. The molecule has 0 bridgehead atoms. The molecule has 0 aliphatic carbocycles. The summed E-state index contributed by atoms with van der Waals surface area (Å²) >= 11 is 1.28. The maximum Gasteiger partial charge on any atom is 0.128 e. The van der Waals surface area contributed by atoms with Crippen LogP contribution in [0, 0.1) is 12.7 Å². The number of nitrogens with one attached hydrogen (secondary N) is 1. The number of aryl methyl sites for hydroxylation is 1. The number of rotatable bonds is 5. The zero-order valence-corrected chi connectivity index (χ0v) is 11.3. The number of aromatic nitrogens is 2. The van der Waals surface area contributed by atoms with Crippen molar-refractivity contribution in [3.8, 4) is 0 Å². The highest BCUT2D eigenvalue weighted by molar-refractivity contribution is 7.03. The highest BCUT2D eigenvalue weighted by Gasteiger charge is 2.19. The molecule has 0 amide bonds. The van der Waals surface area contributed by atoms with Gasteiger partial charge in [0.05, 0.1) is 11.7 Å². The van der Waals surface area contributed by atoms with E-state index in [0.717, 1.165) is 24.2 Å². The monoisotopic (exact) mass is 265 g/mol. The molecule has 96 valence electrons. The molecule has 3 nitrogen and oxygen atoms in total. The van der Waals surface area contributed by atoms with Crippen LogP contribution in [0.3, 0.4) is 0 Å². The van der Waals surface area contributed by atoms with Crippen LogP contribution < -0.4 is 5.32 Å². The molecule has 1 N–H and O–H groups in total. The Morgan fingerprint density at radius 3 is 2.94 bits per heavy atom. The van der Waals surface area contributed by atoms with Crippen LogP contribution in [0.15, 0.2) is 23.6 Å². The summed E-state index contributed by atoms with van der Waals surface area (Å²) in [6.07, 6.45) is 0.988. The maximum absolute atomic E-state index is 14.0. The van der Waals surface area contributed by atoms with Crippen LogP contribution >= 0.6 is 11.5 Å². The van der Waals surface area contributed by atoms with Crippen LogP contribution in [0.1, 0.15) is 36.2 Å². The average molecular weight is 265 g/mol. The van der Waals surface area contributed by atoms with Gasteiger partial charge < -0.3 is 5.32 Å². The van der Waals surface area contributed by atoms with Gasteiger partial charge in [0, 0.05) is 10.9 Å². The first-order valence-corrected chi connectivity index (χ1v) is 6.82. The van der Waals surface area contributed by atoms with Gasteiger partial charge >= 0.3 is 0 Å². The van der Waals surface area contributed by atoms with E-state index in [0.29, 0.717) is 5.56 Å². The van der Waals surface area contributed by atoms with Gasteiger partial charge in [-0.1, -0.05) is 29.1 Å². The third-order valence-corrected chi connectivity index (χ3v) is 3.26. The lowest BCUT2D eigenvalue weighted by Gasteiger charge is -2.17. The smallest absolute Gasteiger partial charge is 0.128 e. The highest BCUT2D eigenvalue weighted by Crippen LogP contribution is 2.24. The Morgan fingerprint density at radius 2 is 2.28 bits per heavy atom. The summed E-state index contributed by atoms with van der Waals surface area (Å²) in [4.78, 5) is 0. The van der Waals surface area contributed by atoms with Gasteiger partial charge in [0.25, 0.3) is 0 Å². The second-order valence-electron chi connectivity index (χ2n) is 4.24. The predicted molar refractivity (Wildman–Crippen MR) is 71.2 cm³/mol. The zero-order valence-electron chi connectivity index (χ0n) is 10.5. The van der Waals surface area contributed by atoms with Gasteiger partial charge in [-0.3, -0.25) is 0 Å². The Kier molecular flexibility index (Phi) is 4.38. The van der Waals surface area contributed by atoms with E-state index >= 15 is 0 Å². The van der Waals surface area contributed by atoms with Crippen molar-refractivity contribution in [3.63, 3.8) is 0 Å². The molecule has 1 heterocycles. The van der Waals surface area contributed by atoms with E-state index in [-0.39, 0.29) is 11.9 Å². The van der Waals surface area contributed by atoms with E-state index in [9.17, 15) is 4.39 Å². The average Bonchev–Trinajstić information content (AvgIpc) is 2.88. The fourth-order valence-electron chi connectivity index (χ4n) is 1.84. The van der Waals surface area contributed by atoms with Gasteiger partial charge in [0.2, 0.25) is 0 Å². The first-order chi connectivity index (χ1) is 8.72. The summed E-state index contributed by atoms with van der Waals surface area (Å²) in [6.45, 7) is 4.85. The molecule has 0 saturated heterocycles. The van der Waals surface area contributed by atoms with Crippen molar-refractivity contribution < 1.29 is 4.39 Å². The fraction of sp³-hybridized carbons (Fsp3) is 0.385. The molecule has 1 aromatic heterocycles. The zero-order chi connectivity index (χ0) is 13.0. The van der Waals surface area contributed by atoms with Gasteiger partial charge in [-0.25, -0.2) is 4.39 Å². The number of halogens is 1. The second kappa shape index (κ2) is 6.02. The number of hydrogen-bond donors (Lipinski definition) is 1. The van der Waals surface area contributed by atoms with E-state index in [4.69, 9.17) is 0 Å². The van der Waals surface area contributed by atoms with Crippen LogP contribution in [-0.2, 0) is 0 Å². The fourth-order valence-corrected chi connectivity index (χ4v) is 2.32. The summed E-state index contributed by atoms with van der Waals surface area (Å²) in [6, 6.07) is 4.92. The van der Waals surface area contributed by atoms with Crippen molar-refractivity contribution in [2.24, 2.45) is 0 Å². The molecule has 1 atom stereocenters. The molecule has 5 heteroatoms. The SMILES string of the molecule is CCCNC(c1csnn1)c1cc(C)ccc1F. The largest absolute Gasteiger partial charge is 0.305 e. The number of hydrogen-bond acceptors (Lipinski definition) is 4. The van der Waals surface area contributed by atoms with Crippen LogP contribution in [0.4, 0.5) is 4.39 Å². The quantitative estimate of drug-likeness (QED) is 0.902. The molecule has 2 aromatic rings. The van der Waals surface area contributed by atoms with E-state index in [1.54, 1.807) is 6.07 Å². The minimum absolute atomic E-state index is 0.206. The molecule has 0 spiro atoms. The highest BCUT2D eigenvalue weighted by atomic mass is 32.1. The first-order valence-electron chi connectivity index (χ1n) is 5.98. The molecule has 18 heavy (non-hydrogen) atoms. The molecule has 1 aromatic carbocycles. The Bertz CT molecular complexity index is 499. The second-order valence-corrected chi connectivity index (χ2v) is 4.85. The third kappa shape index (κ3) is 2.91. The van der Waals surface area contributed by atoms with Gasteiger partial charge in [-0.2, -0.15) is 0 Å². The standard InChI is InChI=1S/C13H16FN3S/c1-3-6-15-13(12-8-18-17-16-12)10-7-9(2)4-5-11(10)14/h4-5,7-8,13,15H,3,6H2,1-2H3. The molecule has 2 rings (SSSR count). The van der Waals surface area contributed by atoms with Crippen LogP contribution in [0.2, 0.25) is 0 Å². The van der Waals surface area contributed by atoms with E-state index in [1.165, 1.54) is 17.6 Å². The van der Waals surface area contributed by atoms with E-state index in [1.807, 2.05) is 18.4 Å². The first kappa shape index (κ1) is 13.1. The van der Waals surface area contributed by atoms with Gasteiger partial charge in [-0.15, -0.1) is 5.10 Å². The van der Waals surface area contributed by atoms with Crippen LogP contribution in [-0.4, -0.2) is 16.1 Å². The lowest BCUT2D eigenvalue weighted by atomic mass is 10.0. The maximum atomic E-state index is 14.0. The van der Waals surface area contributed by atoms with E-state index in [2.05, 4.69) is 21.8 Å². The lowest BCUT2D eigenvalue weighted by Crippen LogP contribution is -2.24. The van der Waals surface area contributed by atoms with Crippen molar-refractivity contribution in [1.29, 1.82) is 0 Å². The normalized spacial score (nSPS) is 12.6. The number of benzene rings is 1. The van der Waals surface area contributed by atoms with Crippen molar-refractivity contribution in [2.45, 2.75) is 26.3 Å². The molecule has 0 radical (unpaired) electrons. The Hall–Kier alpha value is -1.33. The molecule has 0 saturated carbocycles. The Morgan fingerprint density at radius 1 is 1.44 bits per heavy atom. The minimum Gasteiger partial charge on any atom is -0.305 e. The lowest BCUT2D eigenvalue weighted by molar-refractivity contribution is 0.538. The minimum atomic E-state index is -0.219. The van der Waals surface area contributed by atoms with Crippen molar-refractivity contribution >= 4 is 11.5 Å². The molecule has 1 unspecified atom stereocenters. The Balaban J connectivity index is 2.36. The van der Waals surface area contributed by atoms with Crippen molar-refractivity contribution in [3.05, 3.63) is 46.2 Å².